The second-order valence-electron chi connectivity index (χ2n) is 4.77. The number of anilines is 1. The summed E-state index contributed by atoms with van der Waals surface area (Å²) in [6, 6.07) is 6.67. The van der Waals surface area contributed by atoms with E-state index in [0.717, 1.165) is 11.5 Å². The van der Waals surface area contributed by atoms with Crippen molar-refractivity contribution in [1.82, 2.24) is 9.88 Å². The van der Waals surface area contributed by atoms with Gasteiger partial charge in [0.05, 0.1) is 11.6 Å². The average molecular weight is 254 g/mol. The number of piperidine rings is 1. The summed E-state index contributed by atoms with van der Waals surface area (Å²) in [6.45, 7) is 2.34. The van der Waals surface area contributed by atoms with Crippen LogP contribution < -0.4 is 4.90 Å². The fourth-order valence-electron chi connectivity index (χ4n) is 2.31. The molecule has 2 rings (SSSR count). The summed E-state index contributed by atoms with van der Waals surface area (Å²) in [7, 11) is 4.32. The molecular weight excluding hydrogens is 234 g/mol. The zero-order chi connectivity index (χ0) is 12.3. The van der Waals surface area contributed by atoms with Gasteiger partial charge in [0.2, 0.25) is 0 Å². The molecule has 0 radical (unpaired) electrons. The lowest BCUT2D eigenvalue weighted by atomic mass is 10.0. The number of likely N-dealkylation sites (tertiary alicyclic amines) is 1. The van der Waals surface area contributed by atoms with Crippen molar-refractivity contribution in [2.75, 3.05) is 32.1 Å². The van der Waals surface area contributed by atoms with E-state index < -0.39 is 0 Å². The third-order valence-corrected chi connectivity index (χ3v) is 3.80. The Labute approximate surface area is 108 Å². The highest BCUT2D eigenvalue weighted by Crippen LogP contribution is 2.20. The fourth-order valence-corrected chi connectivity index (χ4v) is 2.46. The van der Waals surface area contributed by atoms with Crippen molar-refractivity contribution >= 4 is 17.4 Å². The second-order valence-corrected chi connectivity index (χ2v) is 5.03. The molecule has 0 aromatic carbocycles. The summed E-state index contributed by atoms with van der Waals surface area (Å²) in [4.78, 5) is 9.24. The Morgan fingerprint density at radius 2 is 2.12 bits per heavy atom. The molecular formula is C13H20ClN3. The van der Waals surface area contributed by atoms with Crippen LogP contribution in [0.2, 0.25) is 0 Å². The zero-order valence-electron chi connectivity index (χ0n) is 10.6. The molecule has 1 saturated heterocycles. The van der Waals surface area contributed by atoms with Crippen LogP contribution >= 0.6 is 11.6 Å². The predicted molar refractivity (Wildman–Crippen MR) is 72.7 cm³/mol. The molecule has 1 aromatic rings. The summed E-state index contributed by atoms with van der Waals surface area (Å²) in [5.41, 5.74) is 0.948. The molecule has 1 aliphatic rings. The first-order valence-electron chi connectivity index (χ1n) is 6.14. The molecule has 17 heavy (non-hydrogen) atoms. The SMILES string of the molecule is CN1CCC(N(C)c2cccc(CCl)n2)CC1. The van der Waals surface area contributed by atoms with Gasteiger partial charge in [-0.15, -0.1) is 11.6 Å². The van der Waals surface area contributed by atoms with Gasteiger partial charge in [-0.25, -0.2) is 4.98 Å². The van der Waals surface area contributed by atoms with Crippen LogP contribution in [0.3, 0.4) is 0 Å². The van der Waals surface area contributed by atoms with Crippen molar-refractivity contribution in [1.29, 1.82) is 0 Å². The number of rotatable bonds is 3. The summed E-state index contributed by atoms with van der Waals surface area (Å²) < 4.78 is 0. The van der Waals surface area contributed by atoms with E-state index >= 15 is 0 Å². The Bertz CT molecular complexity index is 361. The molecule has 1 aliphatic heterocycles. The monoisotopic (exact) mass is 253 g/mol. The van der Waals surface area contributed by atoms with Crippen LogP contribution in [0.15, 0.2) is 18.2 Å². The van der Waals surface area contributed by atoms with E-state index in [9.17, 15) is 0 Å². The lowest BCUT2D eigenvalue weighted by Crippen LogP contribution is -2.42. The van der Waals surface area contributed by atoms with Crippen LogP contribution in [0.1, 0.15) is 18.5 Å². The van der Waals surface area contributed by atoms with Gasteiger partial charge in [0, 0.05) is 13.1 Å². The van der Waals surface area contributed by atoms with Gasteiger partial charge >= 0.3 is 0 Å². The first-order chi connectivity index (χ1) is 8.20. The van der Waals surface area contributed by atoms with E-state index in [0.29, 0.717) is 11.9 Å². The number of halogens is 1. The van der Waals surface area contributed by atoms with Crippen molar-refractivity contribution < 1.29 is 0 Å². The fraction of sp³-hybridized carbons (Fsp3) is 0.615. The third-order valence-electron chi connectivity index (χ3n) is 3.53. The van der Waals surface area contributed by atoms with Crippen LogP contribution in [0, 0.1) is 0 Å². The molecule has 0 N–H and O–H groups in total. The Morgan fingerprint density at radius 3 is 2.76 bits per heavy atom. The highest BCUT2D eigenvalue weighted by atomic mass is 35.5. The van der Waals surface area contributed by atoms with E-state index in [1.165, 1.54) is 25.9 Å². The lowest BCUT2D eigenvalue weighted by molar-refractivity contribution is 0.252. The smallest absolute Gasteiger partial charge is 0.128 e. The molecule has 1 fully saturated rings. The topological polar surface area (TPSA) is 19.4 Å². The molecule has 3 nitrogen and oxygen atoms in total. The summed E-state index contributed by atoms with van der Waals surface area (Å²) >= 11 is 5.82. The van der Waals surface area contributed by atoms with Crippen molar-refractivity contribution in [2.24, 2.45) is 0 Å². The molecule has 4 heteroatoms. The van der Waals surface area contributed by atoms with E-state index in [2.05, 4.69) is 34.9 Å². The van der Waals surface area contributed by atoms with Crippen LogP contribution in [0.25, 0.3) is 0 Å². The van der Waals surface area contributed by atoms with Crippen LogP contribution in [-0.2, 0) is 5.88 Å². The van der Waals surface area contributed by atoms with Gasteiger partial charge in [-0.1, -0.05) is 6.07 Å². The van der Waals surface area contributed by atoms with E-state index in [4.69, 9.17) is 11.6 Å². The highest BCUT2D eigenvalue weighted by Gasteiger charge is 2.21. The number of aromatic nitrogens is 1. The zero-order valence-corrected chi connectivity index (χ0v) is 11.3. The molecule has 0 aliphatic carbocycles. The quantitative estimate of drug-likeness (QED) is 0.771. The average Bonchev–Trinajstić information content (AvgIpc) is 2.39. The molecule has 1 aromatic heterocycles. The first kappa shape index (κ1) is 12.7. The van der Waals surface area contributed by atoms with Gasteiger partial charge in [0.25, 0.3) is 0 Å². The molecule has 0 saturated carbocycles. The maximum atomic E-state index is 5.82. The number of pyridine rings is 1. The standard InChI is InChI=1S/C13H20ClN3/c1-16-8-6-12(7-9-16)17(2)13-5-3-4-11(10-14)15-13/h3-5,12H,6-10H2,1-2H3. The molecule has 0 spiro atoms. The largest absolute Gasteiger partial charge is 0.357 e. The van der Waals surface area contributed by atoms with Crippen molar-refractivity contribution in [3.8, 4) is 0 Å². The minimum Gasteiger partial charge on any atom is -0.357 e. The van der Waals surface area contributed by atoms with Crippen molar-refractivity contribution in [3.05, 3.63) is 23.9 Å². The van der Waals surface area contributed by atoms with Crippen LogP contribution in [0.5, 0.6) is 0 Å². The van der Waals surface area contributed by atoms with Gasteiger partial charge in [-0.05, 0) is 45.1 Å². The van der Waals surface area contributed by atoms with E-state index in [-0.39, 0.29) is 0 Å². The number of alkyl halides is 1. The normalized spacial score (nSPS) is 18.3. The van der Waals surface area contributed by atoms with Gasteiger partial charge in [-0.2, -0.15) is 0 Å². The second kappa shape index (κ2) is 5.69. The minimum atomic E-state index is 0.481. The molecule has 94 valence electrons. The van der Waals surface area contributed by atoms with Crippen LogP contribution in [0.4, 0.5) is 5.82 Å². The molecule has 0 atom stereocenters. The first-order valence-corrected chi connectivity index (χ1v) is 6.67. The van der Waals surface area contributed by atoms with Gasteiger partial charge in [0.1, 0.15) is 5.82 Å². The van der Waals surface area contributed by atoms with E-state index in [1.54, 1.807) is 0 Å². The summed E-state index contributed by atoms with van der Waals surface area (Å²) in [5, 5.41) is 0. The van der Waals surface area contributed by atoms with Crippen LogP contribution in [-0.4, -0.2) is 43.1 Å². The third kappa shape index (κ3) is 3.11. The van der Waals surface area contributed by atoms with Crippen molar-refractivity contribution in [3.63, 3.8) is 0 Å². The molecule has 2 heterocycles. The maximum absolute atomic E-state index is 5.82. The summed E-state index contributed by atoms with van der Waals surface area (Å²) in [6.07, 6.45) is 2.42. The Hall–Kier alpha value is -0.800. The van der Waals surface area contributed by atoms with Gasteiger partial charge in [0.15, 0.2) is 0 Å². The van der Waals surface area contributed by atoms with E-state index in [1.807, 2.05) is 12.1 Å². The highest BCUT2D eigenvalue weighted by molar-refractivity contribution is 6.16. The maximum Gasteiger partial charge on any atom is 0.128 e. The van der Waals surface area contributed by atoms with Crippen molar-refractivity contribution in [2.45, 2.75) is 24.8 Å². The Kier molecular flexibility index (Phi) is 4.24. The predicted octanol–water partition coefficient (Wildman–Crippen LogP) is 2.35. The Balaban J connectivity index is 2.05. The summed E-state index contributed by atoms with van der Waals surface area (Å²) in [5.74, 6) is 1.52. The molecule has 0 unspecified atom stereocenters. The molecule has 0 amide bonds. The minimum absolute atomic E-state index is 0.481. The molecule has 0 bridgehead atoms. The van der Waals surface area contributed by atoms with Gasteiger partial charge < -0.3 is 9.80 Å². The lowest BCUT2D eigenvalue weighted by Gasteiger charge is -2.35. The van der Waals surface area contributed by atoms with Gasteiger partial charge in [-0.3, -0.25) is 0 Å². The number of hydrogen-bond acceptors (Lipinski definition) is 3. The number of hydrogen-bond donors (Lipinski definition) is 0. The number of nitrogens with zero attached hydrogens (tertiary/aromatic N) is 3. The Morgan fingerprint density at radius 1 is 1.41 bits per heavy atom.